The minimum atomic E-state index is -0.411. The molecule has 2 heterocycles. The van der Waals surface area contributed by atoms with Crippen LogP contribution in [0.3, 0.4) is 0 Å². The fourth-order valence-electron chi connectivity index (χ4n) is 2.01. The highest BCUT2D eigenvalue weighted by Gasteiger charge is 2.09. The van der Waals surface area contributed by atoms with Crippen LogP contribution in [0.1, 0.15) is 4.88 Å². The normalized spacial score (nSPS) is 11.5. The van der Waals surface area contributed by atoms with E-state index in [0.29, 0.717) is 9.65 Å². The predicted octanol–water partition coefficient (Wildman–Crippen LogP) is 3.56. The molecule has 0 aliphatic carbocycles. The Morgan fingerprint density at radius 1 is 1.29 bits per heavy atom. The molecule has 21 heavy (non-hydrogen) atoms. The van der Waals surface area contributed by atoms with Crippen molar-refractivity contribution in [2.24, 2.45) is 12.1 Å². The zero-order valence-corrected chi connectivity index (χ0v) is 12.6. The lowest BCUT2D eigenvalue weighted by atomic mass is 10.3. The third kappa shape index (κ3) is 2.39. The SMILES string of the molecule is Cn1c(=S)n(/N=C/c2ccc([N+](=O)[O-])s2)c2ccccc21. The van der Waals surface area contributed by atoms with Crippen LogP contribution in [0.5, 0.6) is 0 Å². The summed E-state index contributed by atoms with van der Waals surface area (Å²) < 4.78 is 4.09. The maximum absolute atomic E-state index is 10.7. The first-order chi connectivity index (χ1) is 10.1. The number of hydrogen-bond acceptors (Lipinski definition) is 5. The van der Waals surface area contributed by atoms with E-state index in [1.165, 1.54) is 6.07 Å². The number of hydrogen-bond donors (Lipinski definition) is 0. The van der Waals surface area contributed by atoms with Gasteiger partial charge in [-0.2, -0.15) is 5.10 Å². The molecule has 6 nitrogen and oxygen atoms in total. The van der Waals surface area contributed by atoms with E-state index in [0.717, 1.165) is 22.4 Å². The van der Waals surface area contributed by atoms with Gasteiger partial charge in [0, 0.05) is 13.1 Å². The summed E-state index contributed by atoms with van der Waals surface area (Å²) >= 11 is 6.44. The first-order valence-electron chi connectivity index (χ1n) is 6.03. The highest BCUT2D eigenvalue weighted by Crippen LogP contribution is 2.23. The summed E-state index contributed by atoms with van der Waals surface area (Å²) in [5.74, 6) is 0. The number of benzene rings is 1. The van der Waals surface area contributed by atoms with Crippen molar-refractivity contribution in [3.63, 3.8) is 0 Å². The molecular formula is C13H10N4O2S2. The van der Waals surface area contributed by atoms with Crippen molar-refractivity contribution in [1.82, 2.24) is 9.24 Å². The quantitative estimate of drug-likeness (QED) is 0.321. The molecule has 2 aromatic heterocycles. The summed E-state index contributed by atoms with van der Waals surface area (Å²) in [7, 11) is 1.88. The second-order valence-corrected chi connectivity index (χ2v) is 5.78. The van der Waals surface area contributed by atoms with Crippen LogP contribution in [0.2, 0.25) is 0 Å². The van der Waals surface area contributed by atoms with E-state index in [2.05, 4.69) is 5.10 Å². The van der Waals surface area contributed by atoms with Crippen molar-refractivity contribution in [3.8, 4) is 0 Å². The summed E-state index contributed by atoms with van der Waals surface area (Å²) in [5, 5.41) is 15.1. The molecule has 3 rings (SSSR count). The standard InChI is InChI=1S/C13H10N4O2S2/c1-15-10-4-2-3-5-11(10)16(13(15)20)14-8-9-6-7-12(21-9)17(18)19/h2-8H,1H3/b14-8+. The molecule has 1 aromatic carbocycles. The van der Waals surface area contributed by atoms with E-state index >= 15 is 0 Å². The monoisotopic (exact) mass is 318 g/mol. The molecule has 0 fully saturated rings. The Kier molecular flexibility index (Phi) is 3.40. The van der Waals surface area contributed by atoms with Crippen LogP contribution >= 0.6 is 23.6 Å². The molecule has 0 saturated carbocycles. The molecule has 0 radical (unpaired) electrons. The van der Waals surface area contributed by atoms with Crippen LogP contribution < -0.4 is 0 Å². The predicted molar refractivity (Wildman–Crippen MR) is 85.7 cm³/mol. The third-order valence-corrected chi connectivity index (χ3v) is 4.45. The minimum Gasteiger partial charge on any atom is -0.318 e. The van der Waals surface area contributed by atoms with Crippen molar-refractivity contribution in [3.05, 3.63) is 56.2 Å². The van der Waals surface area contributed by atoms with Gasteiger partial charge in [-0.1, -0.05) is 23.5 Å². The minimum absolute atomic E-state index is 0.0953. The van der Waals surface area contributed by atoms with Crippen LogP contribution in [-0.2, 0) is 7.05 Å². The van der Waals surface area contributed by atoms with Crippen molar-refractivity contribution >= 4 is 45.8 Å². The zero-order valence-electron chi connectivity index (χ0n) is 11.0. The molecular weight excluding hydrogens is 308 g/mol. The zero-order chi connectivity index (χ0) is 15.0. The summed E-state index contributed by atoms with van der Waals surface area (Å²) in [6, 6.07) is 10.9. The van der Waals surface area contributed by atoms with Gasteiger partial charge >= 0.3 is 5.00 Å². The van der Waals surface area contributed by atoms with Crippen molar-refractivity contribution in [2.45, 2.75) is 0 Å². The smallest absolute Gasteiger partial charge is 0.318 e. The first-order valence-corrected chi connectivity index (χ1v) is 7.25. The molecule has 0 bridgehead atoms. The van der Waals surface area contributed by atoms with Gasteiger partial charge in [-0.25, -0.2) is 4.68 Å². The summed E-state index contributed by atoms with van der Waals surface area (Å²) in [6.45, 7) is 0. The van der Waals surface area contributed by atoms with Gasteiger partial charge in [-0.3, -0.25) is 10.1 Å². The average Bonchev–Trinajstić information content (AvgIpc) is 3.04. The van der Waals surface area contributed by atoms with E-state index in [9.17, 15) is 10.1 Å². The van der Waals surface area contributed by atoms with Gasteiger partial charge in [0.05, 0.1) is 27.0 Å². The van der Waals surface area contributed by atoms with E-state index in [1.54, 1.807) is 17.0 Å². The Labute approximate surface area is 128 Å². The van der Waals surface area contributed by atoms with Crippen LogP contribution in [-0.4, -0.2) is 20.4 Å². The second-order valence-electron chi connectivity index (χ2n) is 4.32. The number of para-hydroxylation sites is 2. The highest BCUT2D eigenvalue weighted by atomic mass is 32.1. The van der Waals surface area contributed by atoms with E-state index in [-0.39, 0.29) is 5.00 Å². The molecule has 0 unspecified atom stereocenters. The van der Waals surface area contributed by atoms with Crippen molar-refractivity contribution < 1.29 is 4.92 Å². The van der Waals surface area contributed by atoms with Crippen LogP contribution in [0.25, 0.3) is 11.0 Å². The number of aryl methyl sites for hydroxylation is 1. The number of fused-ring (bicyclic) bond motifs is 1. The molecule has 0 aliphatic rings. The van der Waals surface area contributed by atoms with Gasteiger partial charge in [0.2, 0.25) is 4.77 Å². The fourth-order valence-corrected chi connectivity index (χ4v) is 2.94. The van der Waals surface area contributed by atoms with E-state index < -0.39 is 4.92 Å². The molecule has 8 heteroatoms. The van der Waals surface area contributed by atoms with Crippen molar-refractivity contribution in [2.75, 3.05) is 0 Å². The molecule has 106 valence electrons. The summed E-state index contributed by atoms with van der Waals surface area (Å²) in [5.41, 5.74) is 1.88. The topological polar surface area (TPSA) is 65.4 Å². The second kappa shape index (κ2) is 5.23. The van der Waals surface area contributed by atoms with Gasteiger partial charge < -0.3 is 4.57 Å². The Balaban J connectivity index is 2.05. The molecule has 0 atom stereocenters. The van der Waals surface area contributed by atoms with Gasteiger partial charge in [0.15, 0.2) is 0 Å². The molecule has 0 aliphatic heterocycles. The Bertz CT molecular complexity index is 920. The fraction of sp³-hybridized carbons (Fsp3) is 0.0769. The molecule has 0 N–H and O–H groups in total. The molecule has 3 aromatic rings. The summed E-state index contributed by atoms with van der Waals surface area (Å²) in [4.78, 5) is 11.0. The Morgan fingerprint density at radius 3 is 2.67 bits per heavy atom. The number of imidazole rings is 1. The largest absolute Gasteiger partial charge is 0.324 e. The highest BCUT2D eigenvalue weighted by molar-refractivity contribution is 7.71. The Hall–Kier alpha value is -2.32. The maximum atomic E-state index is 10.7. The van der Waals surface area contributed by atoms with E-state index in [4.69, 9.17) is 12.2 Å². The number of rotatable bonds is 3. The van der Waals surface area contributed by atoms with Crippen LogP contribution in [0.15, 0.2) is 41.5 Å². The van der Waals surface area contributed by atoms with E-state index in [1.807, 2.05) is 35.9 Å². The van der Waals surface area contributed by atoms with Crippen LogP contribution in [0, 0.1) is 14.9 Å². The van der Waals surface area contributed by atoms with Gasteiger partial charge in [0.25, 0.3) is 0 Å². The Morgan fingerprint density at radius 2 is 2.00 bits per heavy atom. The number of nitro groups is 1. The number of aromatic nitrogens is 2. The van der Waals surface area contributed by atoms with Gasteiger partial charge in [0.1, 0.15) is 0 Å². The molecule has 0 saturated heterocycles. The third-order valence-electron chi connectivity index (χ3n) is 3.03. The van der Waals surface area contributed by atoms with Crippen molar-refractivity contribution in [1.29, 1.82) is 0 Å². The first kappa shape index (κ1) is 13.7. The lowest BCUT2D eigenvalue weighted by molar-refractivity contribution is -0.380. The summed E-state index contributed by atoms with van der Waals surface area (Å²) in [6.07, 6.45) is 1.58. The molecule has 0 spiro atoms. The lowest BCUT2D eigenvalue weighted by Gasteiger charge is -1.94. The average molecular weight is 318 g/mol. The van der Waals surface area contributed by atoms with Crippen LogP contribution in [0.4, 0.5) is 5.00 Å². The maximum Gasteiger partial charge on any atom is 0.324 e. The molecule has 0 amide bonds. The lowest BCUT2D eigenvalue weighted by Crippen LogP contribution is -1.92. The number of thiophene rings is 1. The van der Waals surface area contributed by atoms with Gasteiger partial charge in [-0.15, -0.1) is 0 Å². The van der Waals surface area contributed by atoms with Gasteiger partial charge in [-0.05, 0) is 30.4 Å². The number of nitrogens with zero attached hydrogens (tertiary/aromatic N) is 4.